The molecular weight excluding hydrogens is 404 g/mol. The number of anilines is 1. The normalized spacial score (nSPS) is 10.1. The van der Waals surface area contributed by atoms with Crippen LogP contribution in [-0.2, 0) is 19.1 Å². The molecule has 0 radical (unpaired) electrons. The maximum atomic E-state index is 12.5. The SMILES string of the molecule is CCOC(=O)CN(C(=O)COC(=O)c1cncc(Br)c1)c1ccccc1. The summed E-state index contributed by atoms with van der Waals surface area (Å²) in [6, 6.07) is 10.2. The van der Waals surface area contributed by atoms with Gasteiger partial charge in [0.05, 0.1) is 12.2 Å². The van der Waals surface area contributed by atoms with Gasteiger partial charge >= 0.3 is 11.9 Å². The van der Waals surface area contributed by atoms with Crippen LogP contribution >= 0.6 is 15.9 Å². The molecule has 26 heavy (non-hydrogen) atoms. The minimum Gasteiger partial charge on any atom is -0.465 e. The molecule has 7 nitrogen and oxygen atoms in total. The second kappa shape index (κ2) is 9.67. The van der Waals surface area contributed by atoms with Crippen LogP contribution in [0.2, 0.25) is 0 Å². The van der Waals surface area contributed by atoms with Crippen molar-refractivity contribution in [1.82, 2.24) is 4.98 Å². The number of esters is 2. The number of nitrogens with zero attached hydrogens (tertiary/aromatic N) is 2. The standard InChI is InChI=1S/C18H17BrN2O5/c1-2-25-17(23)11-21(15-6-4-3-5-7-15)16(22)12-26-18(24)13-8-14(19)10-20-9-13/h3-10H,2,11-12H2,1H3. The van der Waals surface area contributed by atoms with Crippen LogP contribution in [0, 0.1) is 0 Å². The van der Waals surface area contributed by atoms with Gasteiger partial charge in [0.1, 0.15) is 6.54 Å². The lowest BCUT2D eigenvalue weighted by atomic mass is 10.2. The van der Waals surface area contributed by atoms with Crippen LogP contribution < -0.4 is 4.90 Å². The molecule has 1 aromatic heterocycles. The van der Waals surface area contributed by atoms with E-state index in [0.29, 0.717) is 10.2 Å². The van der Waals surface area contributed by atoms with Gasteiger partial charge in [0.15, 0.2) is 6.61 Å². The molecular formula is C18H17BrN2O5. The fraction of sp³-hybridized carbons (Fsp3) is 0.222. The van der Waals surface area contributed by atoms with Crippen LogP contribution in [0.1, 0.15) is 17.3 Å². The van der Waals surface area contributed by atoms with Gasteiger partial charge in [-0.25, -0.2) is 4.79 Å². The lowest BCUT2D eigenvalue weighted by Crippen LogP contribution is -2.39. The summed E-state index contributed by atoms with van der Waals surface area (Å²) in [4.78, 5) is 41.4. The number of ether oxygens (including phenoxy) is 2. The van der Waals surface area contributed by atoms with E-state index in [1.54, 1.807) is 37.3 Å². The van der Waals surface area contributed by atoms with E-state index in [1.165, 1.54) is 23.4 Å². The molecule has 0 saturated carbocycles. The molecule has 0 bridgehead atoms. The van der Waals surface area contributed by atoms with Crippen molar-refractivity contribution >= 4 is 39.5 Å². The summed E-state index contributed by atoms with van der Waals surface area (Å²) in [5.74, 6) is -1.77. The molecule has 2 aromatic rings. The Bertz CT molecular complexity index is 782. The Labute approximate surface area is 159 Å². The van der Waals surface area contributed by atoms with Crippen molar-refractivity contribution in [3.8, 4) is 0 Å². The monoisotopic (exact) mass is 420 g/mol. The van der Waals surface area contributed by atoms with E-state index < -0.39 is 24.5 Å². The van der Waals surface area contributed by atoms with E-state index in [2.05, 4.69) is 20.9 Å². The fourth-order valence-electron chi connectivity index (χ4n) is 2.08. The van der Waals surface area contributed by atoms with Crippen molar-refractivity contribution in [2.75, 3.05) is 24.7 Å². The maximum absolute atomic E-state index is 12.5. The molecule has 1 aromatic carbocycles. The molecule has 0 fully saturated rings. The zero-order valence-corrected chi connectivity index (χ0v) is 15.6. The van der Waals surface area contributed by atoms with Crippen LogP contribution in [0.25, 0.3) is 0 Å². The number of pyridine rings is 1. The number of benzene rings is 1. The number of hydrogen-bond acceptors (Lipinski definition) is 6. The molecule has 0 N–H and O–H groups in total. The largest absolute Gasteiger partial charge is 0.465 e. The van der Waals surface area contributed by atoms with E-state index in [4.69, 9.17) is 9.47 Å². The lowest BCUT2D eigenvalue weighted by Gasteiger charge is -2.21. The van der Waals surface area contributed by atoms with Crippen molar-refractivity contribution in [3.05, 3.63) is 58.8 Å². The molecule has 0 atom stereocenters. The van der Waals surface area contributed by atoms with Gasteiger partial charge in [-0.2, -0.15) is 0 Å². The highest BCUT2D eigenvalue weighted by atomic mass is 79.9. The number of rotatable bonds is 7. The molecule has 0 saturated heterocycles. The Balaban J connectivity index is 2.06. The minimum atomic E-state index is -0.684. The first-order chi connectivity index (χ1) is 12.5. The average molecular weight is 421 g/mol. The van der Waals surface area contributed by atoms with Gasteiger partial charge in [-0.3, -0.25) is 19.5 Å². The summed E-state index contributed by atoms with van der Waals surface area (Å²) in [6.07, 6.45) is 2.86. The number of carbonyl (C=O) groups excluding carboxylic acids is 3. The predicted molar refractivity (Wildman–Crippen MR) is 97.6 cm³/mol. The number of para-hydroxylation sites is 1. The van der Waals surface area contributed by atoms with Crippen molar-refractivity contribution in [2.45, 2.75) is 6.92 Å². The molecule has 0 aliphatic rings. The van der Waals surface area contributed by atoms with Crippen LogP contribution in [-0.4, -0.2) is 42.6 Å². The van der Waals surface area contributed by atoms with Gasteiger partial charge in [-0.05, 0) is 41.1 Å². The molecule has 136 valence electrons. The zero-order chi connectivity index (χ0) is 18.9. The Morgan fingerprint density at radius 3 is 2.50 bits per heavy atom. The van der Waals surface area contributed by atoms with E-state index in [0.717, 1.165) is 0 Å². The first-order valence-corrected chi connectivity index (χ1v) is 8.59. The number of hydrogen-bond donors (Lipinski definition) is 0. The van der Waals surface area contributed by atoms with Gasteiger partial charge < -0.3 is 9.47 Å². The molecule has 0 unspecified atom stereocenters. The maximum Gasteiger partial charge on any atom is 0.340 e. The Kier molecular flexibility index (Phi) is 7.28. The van der Waals surface area contributed by atoms with Gasteiger partial charge in [-0.15, -0.1) is 0 Å². The quantitative estimate of drug-likeness (QED) is 0.639. The summed E-state index contributed by atoms with van der Waals surface area (Å²) in [5.41, 5.74) is 0.717. The predicted octanol–water partition coefficient (Wildman–Crippen LogP) is 2.60. The minimum absolute atomic E-state index is 0.209. The first-order valence-electron chi connectivity index (χ1n) is 7.80. The van der Waals surface area contributed by atoms with Crippen LogP contribution in [0.5, 0.6) is 0 Å². The third-order valence-electron chi connectivity index (χ3n) is 3.23. The summed E-state index contributed by atoms with van der Waals surface area (Å²) >= 11 is 3.21. The smallest absolute Gasteiger partial charge is 0.340 e. The van der Waals surface area contributed by atoms with Gasteiger partial charge in [0.2, 0.25) is 0 Å². The van der Waals surface area contributed by atoms with E-state index >= 15 is 0 Å². The van der Waals surface area contributed by atoms with E-state index in [-0.39, 0.29) is 18.7 Å². The number of aromatic nitrogens is 1. The molecule has 0 aliphatic heterocycles. The molecule has 2 rings (SSSR count). The summed E-state index contributed by atoms with van der Waals surface area (Å²) in [5, 5.41) is 0. The summed E-state index contributed by atoms with van der Waals surface area (Å²) in [6.45, 7) is 1.10. The summed E-state index contributed by atoms with van der Waals surface area (Å²) in [7, 11) is 0. The van der Waals surface area contributed by atoms with Crippen molar-refractivity contribution in [2.24, 2.45) is 0 Å². The number of halogens is 1. The van der Waals surface area contributed by atoms with Crippen LogP contribution in [0.3, 0.4) is 0 Å². The number of amides is 1. The van der Waals surface area contributed by atoms with Gasteiger partial charge in [0.25, 0.3) is 5.91 Å². The highest BCUT2D eigenvalue weighted by molar-refractivity contribution is 9.10. The first kappa shape index (κ1) is 19.6. The van der Waals surface area contributed by atoms with Crippen molar-refractivity contribution in [3.63, 3.8) is 0 Å². The number of carbonyl (C=O) groups is 3. The molecule has 0 aliphatic carbocycles. The Hall–Kier alpha value is -2.74. The Morgan fingerprint density at radius 2 is 1.85 bits per heavy atom. The van der Waals surface area contributed by atoms with Crippen LogP contribution in [0.15, 0.2) is 53.3 Å². The second-order valence-electron chi connectivity index (χ2n) is 5.09. The van der Waals surface area contributed by atoms with Gasteiger partial charge in [0, 0.05) is 22.6 Å². The average Bonchev–Trinajstić information content (AvgIpc) is 2.65. The Morgan fingerprint density at radius 1 is 1.12 bits per heavy atom. The third-order valence-corrected chi connectivity index (χ3v) is 3.66. The van der Waals surface area contributed by atoms with E-state index in [1.807, 2.05) is 0 Å². The van der Waals surface area contributed by atoms with Crippen molar-refractivity contribution < 1.29 is 23.9 Å². The molecule has 1 amide bonds. The van der Waals surface area contributed by atoms with Gasteiger partial charge in [-0.1, -0.05) is 18.2 Å². The molecule has 1 heterocycles. The fourth-order valence-corrected chi connectivity index (χ4v) is 2.44. The summed E-state index contributed by atoms with van der Waals surface area (Å²) < 4.78 is 10.6. The third kappa shape index (κ3) is 5.66. The van der Waals surface area contributed by atoms with Crippen LogP contribution in [0.4, 0.5) is 5.69 Å². The highest BCUT2D eigenvalue weighted by Crippen LogP contribution is 2.14. The molecule has 8 heteroatoms. The highest BCUT2D eigenvalue weighted by Gasteiger charge is 2.21. The molecule has 0 spiro atoms. The van der Waals surface area contributed by atoms with Crippen molar-refractivity contribution in [1.29, 1.82) is 0 Å². The second-order valence-corrected chi connectivity index (χ2v) is 6.00. The zero-order valence-electron chi connectivity index (χ0n) is 14.1. The topological polar surface area (TPSA) is 85.8 Å². The lowest BCUT2D eigenvalue weighted by molar-refractivity contribution is -0.142. The van der Waals surface area contributed by atoms with E-state index in [9.17, 15) is 14.4 Å².